The predicted octanol–water partition coefficient (Wildman–Crippen LogP) is 2.40. The molecule has 11 heteroatoms. The lowest BCUT2D eigenvalue weighted by Crippen LogP contribution is -2.60. The highest BCUT2D eigenvalue weighted by atomic mass is 35.5. The molecule has 0 radical (unpaired) electrons. The number of anilines is 1. The van der Waals surface area contributed by atoms with Crippen molar-refractivity contribution in [1.29, 1.82) is 0 Å². The first kappa shape index (κ1) is 26.6. The Hall–Kier alpha value is -3.50. The smallest absolute Gasteiger partial charge is 0.257 e. The summed E-state index contributed by atoms with van der Waals surface area (Å²) in [7, 11) is 0. The van der Waals surface area contributed by atoms with Crippen LogP contribution in [0.15, 0.2) is 47.5 Å². The fraction of sp³-hybridized carbons (Fsp3) is 0.385. The first-order valence-corrected chi connectivity index (χ1v) is 12.6. The van der Waals surface area contributed by atoms with E-state index in [9.17, 15) is 18.8 Å². The number of piperidine rings is 1. The minimum atomic E-state index is -1.58. The molecule has 4 rings (SSSR count). The van der Waals surface area contributed by atoms with Gasteiger partial charge in [0.25, 0.3) is 11.8 Å². The number of halogens is 2. The van der Waals surface area contributed by atoms with Crippen molar-refractivity contribution in [3.8, 4) is 0 Å². The summed E-state index contributed by atoms with van der Waals surface area (Å²) in [5, 5.41) is 8.48. The molecule has 0 bridgehead atoms. The van der Waals surface area contributed by atoms with E-state index in [-0.39, 0.29) is 16.6 Å². The molecule has 0 aromatic heterocycles. The molecular formula is C26H30ClFN6O3. The van der Waals surface area contributed by atoms with Gasteiger partial charge in [-0.1, -0.05) is 30.2 Å². The highest BCUT2D eigenvalue weighted by molar-refractivity contribution is 6.34. The van der Waals surface area contributed by atoms with E-state index in [0.29, 0.717) is 17.8 Å². The number of amides is 3. The molecule has 3 amide bonds. The quantitative estimate of drug-likeness (QED) is 0.418. The number of nitrogens with zero attached hydrogens (tertiary/aromatic N) is 2. The maximum atomic E-state index is 13.3. The molecule has 2 aliphatic heterocycles. The number of nitrogens with two attached hydrogens (primary N) is 1. The van der Waals surface area contributed by atoms with Crippen LogP contribution in [0.5, 0.6) is 0 Å². The van der Waals surface area contributed by atoms with E-state index in [1.54, 1.807) is 24.3 Å². The summed E-state index contributed by atoms with van der Waals surface area (Å²) in [5.74, 6) is -2.24. The Morgan fingerprint density at radius 3 is 2.54 bits per heavy atom. The van der Waals surface area contributed by atoms with Crippen LogP contribution in [0.1, 0.15) is 42.1 Å². The van der Waals surface area contributed by atoms with Crippen molar-refractivity contribution in [3.63, 3.8) is 0 Å². The van der Waals surface area contributed by atoms with Gasteiger partial charge < -0.3 is 21.7 Å². The number of rotatable bonds is 8. The summed E-state index contributed by atoms with van der Waals surface area (Å²) < 4.78 is 13.3. The van der Waals surface area contributed by atoms with E-state index in [4.69, 9.17) is 17.3 Å². The Labute approximate surface area is 219 Å². The van der Waals surface area contributed by atoms with Gasteiger partial charge in [-0.15, -0.1) is 0 Å². The minimum absolute atomic E-state index is 0.0161. The summed E-state index contributed by atoms with van der Waals surface area (Å²) in [6, 6.07) is 8.87. The van der Waals surface area contributed by atoms with E-state index in [1.165, 1.54) is 18.8 Å². The van der Waals surface area contributed by atoms with Crippen molar-refractivity contribution < 1.29 is 18.8 Å². The minimum Gasteiger partial charge on any atom is -0.367 e. The van der Waals surface area contributed by atoms with E-state index in [2.05, 4.69) is 32.8 Å². The number of hydrogen-bond donors (Lipinski definition) is 4. The lowest BCUT2D eigenvalue weighted by Gasteiger charge is -2.34. The van der Waals surface area contributed by atoms with Gasteiger partial charge in [-0.3, -0.25) is 24.3 Å². The molecule has 196 valence electrons. The summed E-state index contributed by atoms with van der Waals surface area (Å²) >= 11 is 5.98. The van der Waals surface area contributed by atoms with Crippen LogP contribution in [0.3, 0.4) is 0 Å². The summed E-state index contributed by atoms with van der Waals surface area (Å²) in [5.41, 5.74) is 5.16. The highest BCUT2D eigenvalue weighted by Gasteiger charge is 2.52. The van der Waals surface area contributed by atoms with Crippen molar-refractivity contribution >= 4 is 41.3 Å². The molecule has 0 saturated carbocycles. The second-order valence-electron chi connectivity index (χ2n) is 9.34. The van der Waals surface area contributed by atoms with E-state index in [0.717, 1.165) is 38.1 Å². The van der Waals surface area contributed by atoms with Crippen LogP contribution < -0.4 is 21.7 Å². The van der Waals surface area contributed by atoms with Gasteiger partial charge >= 0.3 is 0 Å². The number of nitrogens with one attached hydrogen (secondary N) is 3. The Morgan fingerprint density at radius 1 is 1.19 bits per heavy atom. The van der Waals surface area contributed by atoms with Gasteiger partial charge in [-0.05, 0) is 68.8 Å². The van der Waals surface area contributed by atoms with Crippen molar-refractivity contribution in [2.75, 3.05) is 25.0 Å². The average Bonchev–Trinajstić information content (AvgIpc) is 3.34. The Bertz CT molecular complexity index is 1200. The number of primary amides is 1. The van der Waals surface area contributed by atoms with Crippen LogP contribution in [0, 0.1) is 5.82 Å². The van der Waals surface area contributed by atoms with Crippen molar-refractivity contribution in [2.45, 2.75) is 43.8 Å². The van der Waals surface area contributed by atoms with Crippen molar-refractivity contribution in [3.05, 3.63) is 64.4 Å². The number of benzene rings is 2. The molecule has 1 fully saturated rings. The SMILES string of the molecule is CC(CNC(=O)C1N=CNC1(C(N)=O)c1ccc(NC(=O)c2ccc(F)cc2Cl)cc1)N1CCCCC1. The second-order valence-corrected chi connectivity index (χ2v) is 9.75. The third-order valence-corrected chi connectivity index (χ3v) is 7.24. The van der Waals surface area contributed by atoms with Gasteiger partial charge in [-0.2, -0.15) is 0 Å². The van der Waals surface area contributed by atoms with Crippen LogP contribution in [-0.2, 0) is 15.1 Å². The topological polar surface area (TPSA) is 129 Å². The molecule has 37 heavy (non-hydrogen) atoms. The molecule has 2 aromatic carbocycles. The van der Waals surface area contributed by atoms with E-state index >= 15 is 0 Å². The highest BCUT2D eigenvalue weighted by Crippen LogP contribution is 2.31. The molecule has 0 aliphatic carbocycles. The lowest BCUT2D eigenvalue weighted by atomic mass is 9.82. The first-order chi connectivity index (χ1) is 17.7. The van der Waals surface area contributed by atoms with Crippen LogP contribution in [0.25, 0.3) is 0 Å². The van der Waals surface area contributed by atoms with Crippen LogP contribution in [0.4, 0.5) is 10.1 Å². The van der Waals surface area contributed by atoms with E-state index < -0.39 is 35.1 Å². The van der Waals surface area contributed by atoms with Gasteiger partial charge in [0, 0.05) is 18.3 Å². The Kier molecular flexibility index (Phi) is 8.09. The second kappa shape index (κ2) is 11.3. The van der Waals surface area contributed by atoms with Crippen molar-refractivity contribution in [1.82, 2.24) is 15.5 Å². The fourth-order valence-corrected chi connectivity index (χ4v) is 5.03. The number of carbonyl (C=O) groups excluding carboxylic acids is 3. The molecule has 9 nitrogen and oxygen atoms in total. The molecule has 2 heterocycles. The van der Waals surface area contributed by atoms with Gasteiger partial charge in [0.1, 0.15) is 5.82 Å². The normalized spacial score (nSPS) is 22.2. The van der Waals surface area contributed by atoms with Crippen LogP contribution >= 0.6 is 11.6 Å². The molecule has 0 spiro atoms. The fourth-order valence-electron chi connectivity index (χ4n) is 4.78. The summed E-state index contributed by atoms with van der Waals surface area (Å²) in [6.45, 7) is 4.50. The zero-order valence-electron chi connectivity index (χ0n) is 20.5. The van der Waals surface area contributed by atoms with Gasteiger partial charge in [-0.25, -0.2) is 4.39 Å². The molecular weight excluding hydrogens is 499 g/mol. The molecule has 2 aromatic rings. The number of likely N-dealkylation sites (tertiary alicyclic amines) is 1. The summed E-state index contributed by atoms with van der Waals surface area (Å²) in [4.78, 5) is 45.0. The molecule has 3 atom stereocenters. The van der Waals surface area contributed by atoms with Crippen molar-refractivity contribution in [2.24, 2.45) is 10.7 Å². The molecule has 5 N–H and O–H groups in total. The van der Waals surface area contributed by atoms with Gasteiger partial charge in [0.2, 0.25) is 5.91 Å². The molecule has 2 aliphatic rings. The predicted molar refractivity (Wildman–Crippen MR) is 140 cm³/mol. The van der Waals surface area contributed by atoms with Gasteiger partial charge in [0.05, 0.1) is 16.9 Å². The number of aliphatic imine (C=N–C) groups is 1. The molecule has 1 saturated heterocycles. The van der Waals surface area contributed by atoms with E-state index in [1.807, 2.05) is 0 Å². The maximum absolute atomic E-state index is 13.3. The average molecular weight is 529 g/mol. The maximum Gasteiger partial charge on any atom is 0.257 e. The number of carbonyl (C=O) groups is 3. The lowest BCUT2D eigenvalue weighted by molar-refractivity contribution is -0.131. The largest absolute Gasteiger partial charge is 0.367 e. The van der Waals surface area contributed by atoms with Crippen LogP contribution in [0.2, 0.25) is 5.02 Å². The molecule has 3 unspecified atom stereocenters. The third-order valence-electron chi connectivity index (χ3n) is 6.92. The standard InChI is InChI=1S/C26H30ClFN6O3/c1-16(34-11-3-2-4-12-34)14-30-24(36)22-26(25(29)37,32-15-31-22)17-5-8-19(9-6-17)33-23(35)20-10-7-18(28)13-21(20)27/h5-10,13,15-16,22H,2-4,11-12,14H2,1H3,(H2,29,37)(H,30,36)(H,31,32)(H,33,35). The third kappa shape index (κ3) is 5.60. The first-order valence-electron chi connectivity index (χ1n) is 12.2. The van der Waals surface area contributed by atoms with Crippen LogP contribution in [-0.4, -0.2) is 60.7 Å². The van der Waals surface area contributed by atoms with Gasteiger partial charge in [0.15, 0.2) is 11.6 Å². The summed E-state index contributed by atoms with van der Waals surface area (Å²) in [6.07, 6.45) is 4.83. The number of hydrogen-bond acceptors (Lipinski definition) is 6. The monoisotopic (exact) mass is 528 g/mol. The Balaban J connectivity index is 1.47. The zero-order valence-corrected chi connectivity index (χ0v) is 21.2. The zero-order chi connectivity index (χ0) is 26.6. The Morgan fingerprint density at radius 2 is 1.89 bits per heavy atom.